The lowest BCUT2D eigenvalue weighted by Gasteiger charge is -2.24. The Balaban J connectivity index is 2.69. The molecule has 0 aromatic heterocycles. The molecule has 0 amide bonds. The zero-order valence-electron chi connectivity index (χ0n) is 8.47. The molecule has 0 aliphatic heterocycles. The maximum absolute atomic E-state index is 10.9. The zero-order valence-corrected chi connectivity index (χ0v) is 8.47. The average molecular weight is 185 g/mol. The molecule has 0 heterocycles. The summed E-state index contributed by atoms with van der Waals surface area (Å²) >= 11 is 0. The van der Waals surface area contributed by atoms with E-state index in [0.717, 1.165) is 19.3 Å². The monoisotopic (exact) mass is 185 g/mol. The quantitative estimate of drug-likeness (QED) is 0.612. The Hall–Kier alpha value is -0.570. The van der Waals surface area contributed by atoms with Crippen LogP contribution in [0.4, 0.5) is 0 Å². The molecule has 0 radical (unpaired) electrons. The molecule has 0 aromatic rings. The van der Waals surface area contributed by atoms with Crippen LogP contribution in [0.3, 0.4) is 0 Å². The molecular formula is C10H19NO2. The largest absolute Gasteiger partial charge is 0.480 e. The smallest absolute Gasteiger partial charge is 0.323 e. The molecule has 0 bridgehead atoms. The van der Waals surface area contributed by atoms with E-state index in [9.17, 15) is 4.79 Å². The first kappa shape index (κ1) is 10.5. The maximum atomic E-state index is 10.9. The van der Waals surface area contributed by atoms with Gasteiger partial charge in [0.1, 0.15) is 5.54 Å². The molecule has 1 aliphatic carbocycles. The first-order chi connectivity index (χ1) is 5.86. The third-order valence-corrected chi connectivity index (χ3v) is 3.15. The predicted octanol–water partition coefficient (Wildman–Crippen LogP) is 1.76. The minimum absolute atomic E-state index is 0.260. The van der Waals surface area contributed by atoms with Crippen LogP contribution in [0.5, 0.6) is 0 Å². The van der Waals surface area contributed by atoms with Gasteiger partial charge in [0.05, 0.1) is 0 Å². The molecule has 0 saturated heterocycles. The Kier molecular flexibility index (Phi) is 2.66. The maximum Gasteiger partial charge on any atom is 0.323 e. The highest BCUT2D eigenvalue weighted by molar-refractivity contribution is 5.78. The molecule has 1 unspecified atom stereocenters. The fourth-order valence-corrected chi connectivity index (χ4v) is 1.91. The molecule has 1 aliphatic rings. The molecule has 0 spiro atoms. The summed E-state index contributed by atoms with van der Waals surface area (Å²) in [5.41, 5.74) is 5.12. The van der Waals surface area contributed by atoms with Crippen molar-refractivity contribution in [1.82, 2.24) is 0 Å². The van der Waals surface area contributed by atoms with Crippen LogP contribution in [0.1, 0.15) is 46.0 Å². The van der Waals surface area contributed by atoms with Gasteiger partial charge in [0.15, 0.2) is 0 Å². The van der Waals surface area contributed by atoms with Gasteiger partial charge in [-0.05, 0) is 31.1 Å². The lowest BCUT2D eigenvalue weighted by Crippen LogP contribution is -2.47. The molecule has 1 fully saturated rings. The van der Waals surface area contributed by atoms with Crippen LogP contribution in [0, 0.1) is 5.41 Å². The predicted molar refractivity (Wildman–Crippen MR) is 51.4 cm³/mol. The fourth-order valence-electron chi connectivity index (χ4n) is 1.91. The molecule has 1 saturated carbocycles. The molecule has 1 atom stereocenters. The highest BCUT2D eigenvalue weighted by atomic mass is 16.4. The summed E-state index contributed by atoms with van der Waals surface area (Å²) < 4.78 is 0. The molecule has 1 rings (SSSR count). The lowest BCUT2D eigenvalue weighted by atomic mass is 9.84. The van der Waals surface area contributed by atoms with Gasteiger partial charge in [-0.15, -0.1) is 0 Å². The first-order valence-corrected chi connectivity index (χ1v) is 4.88. The van der Waals surface area contributed by atoms with E-state index < -0.39 is 11.5 Å². The number of nitrogens with two attached hydrogens (primary N) is 1. The molecule has 3 heteroatoms. The van der Waals surface area contributed by atoms with E-state index >= 15 is 0 Å². The van der Waals surface area contributed by atoms with Gasteiger partial charge < -0.3 is 10.8 Å². The summed E-state index contributed by atoms with van der Waals surface area (Å²) in [5, 5.41) is 8.97. The third-order valence-electron chi connectivity index (χ3n) is 3.15. The molecule has 3 N–H and O–H groups in total. The Morgan fingerprint density at radius 2 is 1.85 bits per heavy atom. The second-order valence-electron chi connectivity index (χ2n) is 4.98. The van der Waals surface area contributed by atoms with Crippen molar-refractivity contribution in [2.45, 2.75) is 51.5 Å². The summed E-state index contributed by atoms with van der Waals surface area (Å²) in [5.74, 6) is -0.842. The van der Waals surface area contributed by atoms with Gasteiger partial charge in [-0.2, -0.15) is 0 Å². The van der Waals surface area contributed by atoms with Gasteiger partial charge in [-0.3, -0.25) is 4.79 Å². The third kappa shape index (κ3) is 2.44. The number of hydrogen-bond donors (Lipinski definition) is 2. The van der Waals surface area contributed by atoms with E-state index in [1.807, 2.05) is 0 Å². The van der Waals surface area contributed by atoms with E-state index in [4.69, 9.17) is 10.8 Å². The van der Waals surface area contributed by atoms with Crippen LogP contribution in [0.25, 0.3) is 0 Å². The number of aliphatic carboxylic acids is 1. The van der Waals surface area contributed by atoms with Crippen LogP contribution in [-0.4, -0.2) is 16.6 Å². The minimum atomic E-state index is -0.965. The van der Waals surface area contributed by atoms with Crippen LogP contribution >= 0.6 is 0 Å². The van der Waals surface area contributed by atoms with Crippen LogP contribution < -0.4 is 5.73 Å². The molecule has 3 nitrogen and oxygen atoms in total. The normalized spacial score (nSPS) is 33.8. The van der Waals surface area contributed by atoms with Crippen molar-refractivity contribution in [3.63, 3.8) is 0 Å². The summed E-state index contributed by atoms with van der Waals surface area (Å²) in [6.45, 7) is 4.36. The van der Waals surface area contributed by atoms with Gasteiger partial charge in [-0.25, -0.2) is 0 Å². The molecular weight excluding hydrogens is 166 g/mol. The van der Waals surface area contributed by atoms with Gasteiger partial charge >= 0.3 is 5.97 Å². The van der Waals surface area contributed by atoms with E-state index in [1.54, 1.807) is 0 Å². The molecule has 13 heavy (non-hydrogen) atoms. The topological polar surface area (TPSA) is 63.3 Å². The number of rotatable bonds is 1. The van der Waals surface area contributed by atoms with Gasteiger partial charge in [0.2, 0.25) is 0 Å². The molecule has 76 valence electrons. The second kappa shape index (κ2) is 3.29. The van der Waals surface area contributed by atoms with Crippen molar-refractivity contribution < 1.29 is 9.90 Å². The summed E-state index contributed by atoms with van der Waals surface area (Å²) in [7, 11) is 0. The van der Waals surface area contributed by atoms with Crippen molar-refractivity contribution in [3.8, 4) is 0 Å². The minimum Gasteiger partial charge on any atom is -0.480 e. The van der Waals surface area contributed by atoms with E-state index in [-0.39, 0.29) is 5.41 Å². The van der Waals surface area contributed by atoms with Crippen molar-refractivity contribution in [2.24, 2.45) is 11.1 Å². The van der Waals surface area contributed by atoms with Crippen LogP contribution in [0.15, 0.2) is 0 Å². The number of carboxylic acid groups (broad SMARTS) is 1. The van der Waals surface area contributed by atoms with Crippen molar-refractivity contribution in [2.75, 3.05) is 0 Å². The standard InChI is InChI=1S/C10H19NO2/c1-9(2)4-3-5-10(11,7-6-9)8(12)13/h3-7,11H2,1-2H3,(H,12,13). The second-order valence-corrected chi connectivity index (χ2v) is 4.98. The van der Waals surface area contributed by atoms with Crippen molar-refractivity contribution in [3.05, 3.63) is 0 Å². The van der Waals surface area contributed by atoms with Gasteiger partial charge in [0, 0.05) is 0 Å². The average Bonchev–Trinajstić information content (AvgIpc) is 2.12. The van der Waals surface area contributed by atoms with Crippen molar-refractivity contribution in [1.29, 1.82) is 0 Å². The van der Waals surface area contributed by atoms with E-state index in [2.05, 4.69) is 13.8 Å². The van der Waals surface area contributed by atoms with Crippen LogP contribution in [-0.2, 0) is 4.79 Å². The Bertz CT molecular complexity index is 213. The first-order valence-electron chi connectivity index (χ1n) is 4.88. The van der Waals surface area contributed by atoms with Crippen molar-refractivity contribution >= 4 is 5.97 Å². The molecule has 0 aromatic carbocycles. The summed E-state index contributed by atoms with van der Waals surface area (Å²) in [4.78, 5) is 10.9. The van der Waals surface area contributed by atoms with E-state index in [1.165, 1.54) is 0 Å². The number of hydrogen-bond acceptors (Lipinski definition) is 2. The highest BCUT2D eigenvalue weighted by Gasteiger charge is 2.38. The zero-order chi connectivity index (χ0) is 10.1. The van der Waals surface area contributed by atoms with Gasteiger partial charge in [0.25, 0.3) is 0 Å². The SMILES string of the molecule is CC1(C)CCCC(N)(C(=O)O)CC1. The Morgan fingerprint density at radius 3 is 2.38 bits per heavy atom. The van der Waals surface area contributed by atoms with E-state index in [0.29, 0.717) is 12.8 Å². The number of carbonyl (C=O) groups is 1. The Morgan fingerprint density at radius 1 is 1.23 bits per heavy atom. The fraction of sp³-hybridized carbons (Fsp3) is 0.900. The summed E-state index contributed by atoms with van der Waals surface area (Å²) in [6, 6.07) is 0. The van der Waals surface area contributed by atoms with Gasteiger partial charge in [-0.1, -0.05) is 20.3 Å². The Labute approximate surface area is 79.3 Å². The number of carboxylic acids is 1. The summed E-state index contributed by atoms with van der Waals surface area (Å²) in [6.07, 6.45) is 4.14. The lowest BCUT2D eigenvalue weighted by molar-refractivity contribution is -0.143. The van der Waals surface area contributed by atoms with Crippen LogP contribution in [0.2, 0.25) is 0 Å². The highest BCUT2D eigenvalue weighted by Crippen LogP contribution is 2.37.